The number of carbonyl (C=O) groups is 3. The van der Waals surface area contributed by atoms with Crippen LogP contribution in [0.1, 0.15) is 42.1 Å². The van der Waals surface area contributed by atoms with E-state index >= 15 is 0 Å². The maximum absolute atomic E-state index is 12.1. The molecular formula is C22H25NO4S. The lowest BCUT2D eigenvalue weighted by Crippen LogP contribution is -2.15. The fraction of sp³-hybridized carbons (Fsp3) is 0.318. The Morgan fingerprint density at radius 2 is 1.64 bits per heavy atom. The van der Waals surface area contributed by atoms with Crippen LogP contribution in [0.5, 0.6) is 0 Å². The minimum absolute atomic E-state index is 0.0565. The summed E-state index contributed by atoms with van der Waals surface area (Å²) in [5.74, 6) is -0.121. The number of Topliss-reactive ketones (excluding diaryl/α,β-unsaturated/α-hetero) is 1. The molecule has 0 aliphatic rings. The van der Waals surface area contributed by atoms with Gasteiger partial charge in [0.25, 0.3) is 0 Å². The predicted molar refractivity (Wildman–Crippen MR) is 112 cm³/mol. The summed E-state index contributed by atoms with van der Waals surface area (Å²) in [6.07, 6.45) is 1.48. The summed E-state index contributed by atoms with van der Waals surface area (Å²) in [6, 6.07) is 14.7. The maximum atomic E-state index is 12.1. The molecule has 0 heterocycles. The summed E-state index contributed by atoms with van der Waals surface area (Å²) in [5.41, 5.74) is 2.27. The monoisotopic (exact) mass is 399 g/mol. The summed E-state index contributed by atoms with van der Waals surface area (Å²) in [5, 5.41) is 2.76. The van der Waals surface area contributed by atoms with Crippen molar-refractivity contribution in [2.45, 2.75) is 38.0 Å². The van der Waals surface area contributed by atoms with Crippen molar-refractivity contribution in [2.24, 2.45) is 0 Å². The van der Waals surface area contributed by atoms with Gasteiger partial charge in [-0.05, 0) is 49.7 Å². The average Bonchev–Trinajstić information content (AvgIpc) is 2.68. The number of thioether (sulfide) groups is 1. The molecule has 2 aromatic rings. The highest BCUT2D eigenvalue weighted by Gasteiger charge is 2.11. The summed E-state index contributed by atoms with van der Waals surface area (Å²) >= 11 is 1.58. The molecule has 0 unspecified atom stereocenters. The maximum Gasteiger partial charge on any atom is 0.307 e. The lowest BCUT2D eigenvalue weighted by molar-refractivity contribution is -0.142. The summed E-state index contributed by atoms with van der Waals surface area (Å²) in [6.45, 7) is 3.68. The van der Waals surface area contributed by atoms with E-state index < -0.39 is 5.97 Å². The van der Waals surface area contributed by atoms with Crippen molar-refractivity contribution in [2.75, 3.05) is 17.7 Å². The van der Waals surface area contributed by atoms with E-state index in [0.29, 0.717) is 23.4 Å². The van der Waals surface area contributed by atoms with Crippen LogP contribution in [0.2, 0.25) is 0 Å². The first-order chi connectivity index (χ1) is 13.5. The Morgan fingerprint density at radius 1 is 0.964 bits per heavy atom. The van der Waals surface area contributed by atoms with Gasteiger partial charge in [0.2, 0.25) is 5.91 Å². The van der Waals surface area contributed by atoms with E-state index in [9.17, 15) is 14.4 Å². The number of amides is 1. The van der Waals surface area contributed by atoms with Crippen LogP contribution in [0.4, 0.5) is 5.69 Å². The van der Waals surface area contributed by atoms with Crippen LogP contribution in [0.3, 0.4) is 0 Å². The Morgan fingerprint density at radius 3 is 2.29 bits per heavy atom. The Labute approximate surface area is 169 Å². The SMILES string of the molecule is CCCC(=O)Nc1ccc(C(=O)COC(=O)CCSc2ccc(C)cc2)cc1. The van der Waals surface area contributed by atoms with Crippen molar-refractivity contribution in [3.63, 3.8) is 0 Å². The van der Waals surface area contributed by atoms with Crippen molar-refractivity contribution in [3.8, 4) is 0 Å². The lowest BCUT2D eigenvalue weighted by Gasteiger charge is -2.07. The van der Waals surface area contributed by atoms with Crippen LogP contribution in [0, 0.1) is 6.92 Å². The normalized spacial score (nSPS) is 10.4. The van der Waals surface area contributed by atoms with Gasteiger partial charge in [-0.15, -0.1) is 11.8 Å². The van der Waals surface area contributed by atoms with E-state index in [4.69, 9.17) is 4.74 Å². The molecule has 2 rings (SSSR count). The van der Waals surface area contributed by atoms with E-state index in [1.807, 2.05) is 38.1 Å². The summed E-state index contributed by atoms with van der Waals surface area (Å²) < 4.78 is 5.07. The number of carbonyl (C=O) groups excluding carboxylic acids is 3. The standard InChI is InChI=1S/C22H25NO4S/c1-3-4-21(25)23-18-9-7-17(8-10-18)20(24)15-27-22(26)13-14-28-19-11-5-16(2)6-12-19/h5-12H,3-4,13-15H2,1-2H3,(H,23,25). The first-order valence-electron chi connectivity index (χ1n) is 9.26. The smallest absolute Gasteiger partial charge is 0.307 e. The van der Waals surface area contributed by atoms with Crippen molar-refractivity contribution in [1.29, 1.82) is 0 Å². The zero-order valence-corrected chi connectivity index (χ0v) is 17.0. The Hall–Kier alpha value is -2.60. The fourth-order valence-corrected chi connectivity index (χ4v) is 3.21. The molecule has 5 nitrogen and oxygen atoms in total. The molecule has 1 amide bonds. The van der Waals surface area contributed by atoms with Gasteiger partial charge in [0.05, 0.1) is 6.42 Å². The molecule has 6 heteroatoms. The van der Waals surface area contributed by atoms with Gasteiger partial charge in [-0.25, -0.2) is 0 Å². The third kappa shape index (κ3) is 7.56. The molecule has 1 N–H and O–H groups in total. The Balaban J connectivity index is 1.71. The topological polar surface area (TPSA) is 72.5 Å². The largest absolute Gasteiger partial charge is 0.457 e. The van der Waals surface area contributed by atoms with E-state index in [-0.39, 0.29) is 24.7 Å². The van der Waals surface area contributed by atoms with Gasteiger partial charge in [0.1, 0.15) is 0 Å². The van der Waals surface area contributed by atoms with Crippen molar-refractivity contribution in [3.05, 3.63) is 59.7 Å². The van der Waals surface area contributed by atoms with Crippen LogP contribution < -0.4 is 5.32 Å². The molecule has 148 valence electrons. The van der Waals surface area contributed by atoms with E-state index in [2.05, 4.69) is 5.32 Å². The van der Waals surface area contributed by atoms with Crippen LogP contribution in [-0.2, 0) is 14.3 Å². The number of esters is 1. The second-order valence-electron chi connectivity index (χ2n) is 6.37. The number of nitrogens with one attached hydrogen (secondary N) is 1. The number of rotatable bonds is 10. The molecular weight excluding hydrogens is 374 g/mol. The van der Waals surface area contributed by atoms with Crippen LogP contribution in [0.15, 0.2) is 53.4 Å². The number of ether oxygens (including phenoxy) is 1. The van der Waals surface area contributed by atoms with Crippen LogP contribution in [0.25, 0.3) is 0 Å². The van der Waals surface area contributed by atoms with Gasteiger partial charge in [-0.3, -0.25) is 14.4 Å². The highest BCUT2D eigenvalue weighted by Crippen LogP contribution is 2.19. The summed E-state index contributed by atoms with van der Waals surface area (Å²) in [4.78, 5) is 36.6. The molecule has 0 aliphatic heterocycles. The molecule has 0 aliphatic carbocycles. The molecule has 0 fully saturated rings. The minimum Gasteiger partial charge on any atom is -0.457 e. The molecule has 0 atom stereocenters. The quantitative estimate of drug-likeness (QED) is 0.358. The van der Waals surface area contributed by atoms with Gasteiger partial charge >= 0.3 is 5.97 Å². The number of hydrogen-bond acceptors (Lipinski definition) is 5. The third-order valence-corrected chi connectivity index (χ3v) is 4.94. The molecule has 0 saturated carbocycles. The molecule has 28 heavy (non-hydrogen) atoms. The average molecular weight is 400 g/mol. The molecule has 2 aromatic carbocycles. The number of anilines is 1. The van der Waals surface area contributed by atoms with Crippen LogP contribution in [-0.4, -0.2) is 30.0 Å². The molecule has 0 saturated heterocycles. The minimum atomic E-state index is -0.392. The second kappa shape index (κ2) is 11.3. The predicted octanol–water partition coefficient (Wildman–Crippen LogP) is 4.64. The van der Waals surface area contributed by atoms with Gasteiger partial charge in [0.15, 0.2) is 12.4 Å². The van der Waals surface area contributed by atoms with Gasteiger partial charge in [-0.1, -0.05) is 24.6 Å². The number of hydrogen-bond donors (Lipinski definition) is 1. The zero-order chi connectivity index (χ0) is 20.4. The van der Waals surface area contributed by atoms with Crippen molar-refractivity contribution < 1.29 is 19.1 Å². The molecule has 0 bridgehead atoms. The van der Waals surface area contributed by atoms with E-state index in [1.165, 1.54) is 5.56 Å². The van der Waals surface area contributed by atoms with Gasteiger partial charge < -0.3 is 10.1 Å². The second-order valence-corrected chi connectivity index (χ2v) is 7.54. The Kier molecular flexibility index (Phi) is 8.75. The van der Waals surface area contributed by atoms with Gasteiger partial charge in [0, 0.05) is 28.3 Å². The zero-order valence-electron chi connectivity index (χ0n) is 16.2. The van der Waals surface area contributed by atoms with Crippen molar-refractivity contribution in [1.82, 2.24) is 0 Å². The first kappa shape index (κ1) is 21.7. The first-order valence-corrected chi connectivity index (χ1v) is 10.2. The van der Waals surface area contributed by atoms with Crippen molar-refractivity contribution >= 4 is 35.1 Å². The molecule has 0 spiro atoms. The Bertz CT molecular complexity index is 800. The third-order valence-electron chi connectivity index (χ3n) is 3.93. The highest BCUT2D eigenvalue weighted by molar-refractivity contribution is 7.99. The number of ketones is 1. The molecule has 0 aromatic heterocycles. The summed E-state index contributed by atoms with van der Waals surface area (Å²) in [7, 11) is 0. The highest BCUT2D eigenvalue weighted by atomic mass is 32.2. The number of benzene rings is 2. The number of aryl methyl sites for hydroxylation is 1. The molecule has 0 radical (unpaired) electrons. The van der Waals surface area contributed by atoms with E-state index in [0.717, 1.165) is 11.3 Å². The van der Waals surface area contributed by atoms with Gasteiger partial charge in [-0.2, -0.15) is 0 Å². The van der Waals surface area contributed by atoms with E-state index in [1.54, 1.807) is 36.0 Å². The van der Waals surface area contributed by atoms with Crippen LogP contribution >= 0.6 is 11.8 Å². The lowest BCUT2D eigenvalue weighted by atomic mass is 10.1. The fourth-order valence-electron chi connectivity index (χ4n) is 2.38.